The summed E-state index contributed by atoms with van der Waals surface area (Å²) in [5.74, 6) is 1.16. The molecule has 0 radical (unpaired) electrons. The summed E-state index contributed by atoms with van der Waals surface area (Å²) in [4.78, 5) is 11.7. The van der Waals surface area contributed by atoms with Gasteiger partial charge in [-0.15, -0.1) is 0 Å². The molecule has 0 bridgehead atoms. The predicted octanol–water partition coefficient (Wildman–Crippen LogP) is 7.19. The molecule has 0 spiro atoms. The molecular weight excluding hydrogens is 386 g/mol. The van der Waals surface area contributed by atoms with E-state index in [1.807, 2.05) is 60.7 Å². The summed E-state index contributed by atoms with van der Waals surface area (Å²) in [5, 5.41) is 16.2. The van der Waals surface area contributed by atoms with E-state index in [4.69, 9.17) is 4.74 Å². The van der Waals surface area contributed by atoms with Crippen molar-refractivity contribution in [1.82, 2.24) is 0 Å². The van der Waals surface area contributed by atoms with Crippen molar-refractivity contribution < 1.29 is 9.66 Å². The molecule has 1 heterocycles. The Bertz CT molecular complexity index is 1420. The molecule has 0 saturated heterocycles. The number of hydrogen-bond acceptors (Lipinski definition) is 3. The molecule has 0 aliphatic carbocycles. The number of rotatable bonds is 2. The summed E-state index contributed by atoms with van der Waals surface area (Å²) >= 11 is 0. The molecule has 0 N–H and O–H groups in total. The summed E-state index contributed by atoms with van der Waals surface area (Å²) in [6, 6.07) is 31.3. The van der Waals surface area contributed by atoms with Gasteiger partial charge in [-0.3, -0.25) is 10.1 Å². The zero-order valence-corrected chi connectivity index (χ0v) is 16.5. The van der Waals surface area contributed by atoms with Crippen LogP contribution in [0.4, 0.5) is 5.69 Å². The van der Waals surface area contributed by atoms with Gasteiger partial charge in [-0.25, -0.2) is 0 Å². The number of fused-ring (bicyclic) bond motifs is 6. The van der Waals surface area contributed by atoms with Crippen molar-refractivity contribution in [3.63, 3.8) is 0 Å². The smallest absolute Gasteiger partial charge is 0.273 e. The Morgan fingerprint density at radius 3 is 1.74 bits per heavy atom. The van der Waals surface area contributed by atoms with Gasteiger partial charge >= 0.3 is 0 Å². The Hall–Kier alpha value is -4.18. The van der Waals surface area contributed by atoms with Crippen molar-refractivity contribution in [2.24, 2.45) is 0 Å². The highest BCUT2D eigenvalue weighted by Gasteiger charge is 2.35. The van der Waals surface area contributed by atoms with Gasteiger partial charge < -0.3 is 4.74 Å². The van der Waals surface area contributed by atoms with Gasteiger partial charge in [-0.2, -0.15) is 0 Å². The molecule has 4 heteroatoms. The Kier molecular flexibility index (Phi) is 3.80. The lowest BCUT2D eigenvalue weighted by atomic mass is 9.78. The fourth-order valence-corrected chi connectivity index (χ4v) is 4.80. The third-order valence-electron chi connectivity index (χ3n) is 6.10. The van der Waals surface area contributed by atoms with Gasteiger partial charge in [0.1, 0.15) is 11.5 Å². The fraction of sp³-hybridized carbons (Fsp3) is 0.0370. The summed E-state index contributed by atoms with van der Waals surface area (Å²) in [6.07, 6.45) is 0. The van der Waals surface area contributed by atoms with Crippen LogP contribution in [0.2, 0.25) is 0 Å². The predicted molar refractivity (Wildman–Crippen MR) is 122 cm³/mol. The number of nitro benzene ring substituents is 1. The lowest BCUT2D eigenvalue weighted by Crippen LogP contribution is -2.14. The van der Waals surface area contributed by atoms with Crippen LogP contribution in [-0.4, -0.2) is 4.92 Å². The average molecular weight is 403 g/mol. The van der Waals surface area contributed by atoms with E-state index in [2.05, 4.69) is 24.3 Å². The molecule has 0 aromatic heterocycles. The molecule has 0 amide bonds. The van der Waals surface area contributed by atoms with Crippen molar-refractivity contribution in [1.29, 1.82) is 0 Å². The van der Waals surface area contributed by atoms with E-state index in [1.54, 1.807) is 12.1 Å². The van der Waals surface area contributed by atoms with Crippen molar-refractivity contribution in [3.8, 4) is 11.5 Å². The number of ether oxygens (including phenoxy) is 1. The first-order valence-corrected chi connectivity index (χ1v) is 10.2. The largest absolute Gasteiger partial charge is 0.457 e. The Morgan fingerprint density at radius 1 is 0.645 bits per heavy atom. The van der Waals surface area contributed by atoms with Crippen LogP contribution >= 0.6 is 0 Å². The number of hydrogen-bond donors (Lipinski definition) is 0. The van der Waals surface area contributed by atoms with E-state index in [0.29, 0.717) is 5.56 Å². The minimum Gasteiger partial charge on any atom is -0.457 e. The van der Waals surface area contributed by atoms with Gasteiger partial charge in [-0.05, 0) is 33.7 Å². The van der Waals surface area contributed by atoms with Crippen LogP contribution in [0.15, 0.2) is 97.1 Å². The molecule has 4 nitrogen and oxygen atoms in total. The van der Waals surface area contributed by atoms with E-state index in [1.165, 1.54) is 0 Å². The molecule has 148 valence electrons. The highest BCUT2D eigenvalue weighted by molar-refractivity contribution is 5.95. The van der Waals surface area contributed by atoms with E-state index in [9.17, 15) is 10.1 Å². The molecule has 31 heavy (non-hydrogen) atoms. The standard InChI is InChI=1S/C27H17NO3/c29-28(30)22-12-6-5-11-21(22)27-25-19-9-3-1-7-17(19)13-15-23(25)31-24-16-14-18-8-2-4-10-20(18)26(24)27/h1-16,27H. The van der Waals surface area contributed by atoms with Gasteiger partial charge in [0, 0.05) is 28.7 Å². The van der Waals surface area contributed by atoms with E-state index >= 15 is 0 Å². The first kappa shape index (κ1) is 17.7. The zero-order valence-electron chi connectivity index (χ0n) is 16.5. The van der Waals surface area contributed by atoms with Gasteiger partial charge in [0.15, 0.2) is 0 Å². The SMILES string of the molecule is O=[N+]([O-])c1ccccc1C1c2c(ccc3ccccc23)Oc2ccc3ccccc3c21. The maximum atomic E-state index is 12.0. The highest BCUT2D eigenvalue weighted by Crippen LogP contribution is 2.53. The molecule has 5 aromatic carbocycles. The van der Waals surface area contributed by atoms with Crippen LogP contribution < -0.4 is 4.74 Å². The molecule has 0 atom stereocenters. The molecule has 0 fully saturated rings. The van der Waals surface area contributed by atoms with Crippen LogP contribution in [0.3, 0.4) is 0 Å². The fourth-order valence-electron chi connectivity index (χ4n) is 4.80. The summed E-state index contributed by atoms with van der Waals surface area (Å²) in [6.45, 7) is 0. The van der Waals surface area contributed by atoms with E-state index in [-0.39, 0.29) is 16.5 Å². The molecule has 1 aliphatic rings. The lowest BCUT2D eigenvalue weighted by molar-refractivity contribution is -0.385. The highest BCUT2D eigenvalue weighted by atomic mass is 16.6. The Balaban J connectivity index is 1.78. The first-order chi connectivity index (χ1) is 15.2. The quantitative estimate of drug-likeness (QED) is 0.227. The molecule has 0 unspecified atom stereocenters. The topological polar surface area (TPSA) is 52.4 Å². The number of benzene rings is 5. The second-order valence-corrected chi connectivity index (χ2v) is 7.75. The molecular formula is C27H17NO3. The molecule has 5 aromatic rings. The number of nitro groups is 1. The minimum absolute atomic E-state index is 0.118. The Labute approximate surface area is 178 Å². The maximum absolute atomic E-state index is 12.0. The van der Waals surface area contributed by atoms with Gasteiger partial charge in [0.2, 0.25) is 0 Å². The van der Waals surface area contributed by atoms with Crippen molar-refractivity contribution in [2.45, 2.75) is 5.92 Å². The number of para-hydroxylation sites is 1. The van der Waals surface area contributed by atoms with Crippen LogP contribution in [0.1, 0.15) is 22.6 Å². The van der Waals surface area contributed by atoms with E-state index in [0.717, 1.165) is 44.2 Å². The zero-order chi connectivity index (χ0) is 20.9. The second kappa shape index (κ2) is 6.67. The van der Waals surface area contributed by atoms with E-state index < -0.39 is 0 Å². The van der Waals surface area contributed by atoms with Gasteiger partial charge in [0.05, 0.1) is 4.92 Å². The third kappa shape index (κ3) is 2.62. The minimum atomic E-state index is -0.322. The van der Waals surface area contributed by atoms with Crippen LogP contribution in [0.5, 0.6) is 11.5 Å². The van der Waals surface area contributed by atoms with Gasteiger partial charge in [0.25, 0.3) is 5.69 Å². The van der Waals surface area contributed by atoms with Gasteiger partial charge in [-0.1, -0.05) is 78.9 Å². The van der Waals surface area contributed by atoms with Crippen molar-refractivity contribution >= 4 is 27.2 Å². The molecule has 6 rings (SSSR count). The second-order valence-electron chi connectivity index (χ2n) is 7.75. The summed E-state index contributed by atoms with van der Waals surface area (Å²) in [7, 11) is 0. The maximum Gasteiger partial charge on any atom is 0.273 e. The number of nitrogens with zero attached hydrogens (tertiary/aromatic N) is 1. The van der Waals surface area contributed by atoms with Crippen LogP contribution in [0.25, 0.3) is 21.5 Å². The van der Waals surface area contributed by atoms with Crippen molar-refractivity contribution in [3.05, 3.63) is 124 Å². The summed E-state index contributed by atoms with van der Waals surface area (Å²) in [5.41, 5.74) is 2.73. The monoisotopic (exact) mass is 403 g/mol. The Morgan fingerprint density at radius 2 is 1.16 bits per heavy atom. The first-order valence-electron chi connectivity index (χ1n) is 10.2. The average Bonchev–Trinajstić information content (AvgIpc) is 2.82. The van der Waals surface area contributed by atoms with Crippen LogP contribution in [-0.2, 0) is 0 Å². The lowest BCUT2D eigenvalue weighted by Gasteiger charge is -2.31. The van der Waals surface area contributed by atoms with Crippen LogP contribution in [0, 0.1) is 10.1 Å². The normalized spacial score (nSPS) is 12.9. The van der Waals surface area contributed by atoms with Crippen molar-refractivity contribution in [2.75, 3.05) is 0 Å². The molecule has 0 saturated carbocycles. The summed E-state index contributed by atoms with van der Waals surface area (Å²) < 4.78 is 6.38. The third-order valence-corrected chi connectivity index (χ3v) is 6.10. The molecule has 1 aliphatic heterocycles.